The van der Waals surface area contributed by atoms with Crippen LogP contribution >= 0.6 is 0 Å². The summed E-state index contributed by atoms with van der Waals surface area (Å²) in [6.45, 7) is 5.19. The fourth-order valence-corrected chi connectivity index (χ4v) is 2.20. The number of hydrogen-bond acceptors (Lipinski definition) is 5. The summed E-state index contributed by atoms with van der Waals surface area (Å²) >= 11 is 0. The van der Waals surface area contributed by atoms with Gasteiger partial charge in [-0.25, -0.2) is 9.97 Å². The zero-order valence-corrected chi connectivity index (χ0v) is 10.4. The molecular weight excluding hydrogens is 216 g/mol. The molecule has 1 aliphatic rings. The van der Waals surface area contributed by atoms with Gasteiger partial charge in [0.05, 0.1) is 12.6 Å². The van der Waals surface area contributed by atoms with E-state index in [0.717, 1.165) is 31.0 Å². The molecule has 0 radical (unpaired) electrons. The largest absolute Gasteiger partial charge is 0.394 e. The van der Waals surface area contributed by atoms with Crippen molar-refractivity contribution < 1.29 is 5.11 Å². The van der Waals surface area contributed by atoms with Crippen molar-refractivity contribution in [3.8, 4) is 0 Å². The van der Waals surface area contributed by atoms with Crippen LogP contribution in [0.15, 0.2) is 6.07 Å². The van der Waals surface area contributed by atoms with Gasteiger partial charge in [-0.15, -0.1) is 0 Å². The number of aliphatic hydroxyl groups is 1. The van der Waals surface area contributed by atoms with Crippen molar-refractivity contribution in [3.05, 3.63) is 11.9 Å². The van der Waals surface area contributed by atoms with Crippen molar-refractivity contribution in [2.75, 3.05) is 23.8 Å². The average Bonchev–Trinajstić information content (AvgIpc) is 2.76. The number of nitrogen functional groups attached to an aromatic ring is 1. The molecule has 1 atom stereocenters. The predicted octanol–water partition coefficient (Wildman–Crippen LogP) is 1.14. The highest BCUT2D eigenvalue weighted by Crippen LogP contribution is 2.25. The van der Waals surface area contributed by atoms with Gasteiger partial charge in [0.15, 0.2) is 0 Å². The molecule has 1 unspecified atom stereocenters. The molecule has 94 valence electrons. The first kappa shape index (κ1) is 12.1. The van der Waals surface area contributed by atoms with Crippen LogP contribution in [0.25, 0.3) is 0 Å². The van der Waals surface area contributed by atoms with E-state index in [-0.39, 0.29) is 18.6 Å². The van der Waals surface area contributed by atoms with Crippen LogP contribution in [0, 0.1) is 0 Å². The lowest BCUT2D eigenvalue weighted by Gasteiger charge is -2.24. The van der Waals surface area contributed by atoms with Crippen LogP contribution in [0.5, 0.6) is 0 Å². The Labute approximate surface area is 102 Å². The lowest BCUT2D eigenvalue weighted by Crippen LogP contribution is -2.33. The van der Waals surface area contributed by atoms with Crippen LogP contribution < -0.4 is 10.6 Å². The van der Waals surface area contributed by atoms with Gasteiger partial charge in [0.2, 0.25) is 0 Å². The van der Waals surface area contributed by atoms with E-state index in [1.807, 2.05) is 13.8 Å². The van der Waals surface area contributed by atoms with Gasteiger partial charge < -0.3 is 15.7 Å². The molecule has 1 aliphatic heterocycles. The van der Waals surface area contributed by atoms with E-state index in [4.69, 9.17) is 5.73 Å². The van der Waals surface area contributed by atoms with Gasteiger partial charge in [0.1, 0.15) is 17.5 Å². The van der Waals surface area contributed by atoms with Crippen molar-refractivity contribution in [1.82, 2.24) is 9.97 Å². The van der Waals surface area contributed by atoms with Gasteiger partial charge in [-0.05, 0) is 12.8 Å². The quantitative estimate of drug-likeness (QED) is 0.823. The van der Waals surface area contributed by atoms with Crippen LogP contribution in [0.3, 0.4) is 0 Å². The zero-order valence-electron chi connectivity index (χ0n) is 10.4. The SMILES string of the molecule is CC(C)c1nc(N)cc(N2CCCC2CO)n1. The first-order valence-corrected chi connectivity index (χ1v) is 6.13. The van der Waals surface area contributed by atoms with Crippen molar-refractivity contribution in [3.63, 3.8) is 0 Å². The van der Waals surface area contributed by atoms with E-state index in [1.165, 1.54) is 0 Å². The van der Waals surface area contributed by atoms with Crippen molar-refractivity contribution >= 4 is 11.6 Å². The maximum Gasteiger partial charge on any atom is 0.135 e. The maximum atomic E-state index is 9.33. The molecule has 2 heterocycles. The highest BCUT2D eigenvalue weighted by atomic mass is 16.3. The van der Waals surface area contributed by atoms with Crippen LogP contribution in [-0.4, -0.2) is 34.3 Å². The molecule has 0 aliphatic carbocycles. The van der Waals surface area contributed by atoms with Crippen molar-refractivity contribution in [2.24, 2.45) is 0 Å². The third-order valence-corrected chi connectivity index (χ3v) is 3.15. The van der Waals surface area contributed by atoms with E-state index < -0.39 is 0 Å². The highest BCUT2D eigenvalue weighted by Gasteiger charge is 2.25. The molecule has 17 heavy (non-hydrogen) atoms. The van der Waals surface area contributed by atoms with Crippen LogP contribution in [0.2, 0.25) is 0 Å². The Hall–Kier alpha value is -1.36. The molecule has 3 N–H and O–H groups in total. The van der Waals surface area contributed by atoms with Crippen LogP contribution in [0.4, 0.5) is 11.6 Å². The molecule has 5 heteroatoms. The monoisotopic (exact) mass is 236 g/mol. The standard InChI is InChI=1S/C12H20N4O/c1-8(2)12-14-10(13)6-11(15-12)16-5-3-4-9(16)7-17/h6,8-9,17H,3-5,7H2,1-2H3,(H2,13,14,15). The topological polar surface area (TPSA) is 75.3 Å². The Morgan fingerprint density at radius 2 is 2.29 bits per heavy atom. The summed E-state index contributed by atoms with van der Waals surface area (Å²) in [6, 6.07) is 1.96. The molecule has 0 saturated carbocycles. The minimum absolute atomic E-state index is 0.168. The third kappa shape index (κ3) is 2.49. The highest BCUT2D eigenvalue weighted by molar-refractivity contribution is 5.48. The van der Waals surface area contributed by atoms with E-state index >= 15 is 0 Å². The Balaban J connectivity index is 2.31. The normalized spacial score (nSPS) is 20.2. The maximum absolute atomic E-state index is 9.33. The van der Waals surface area contributed by atoms with E-state index in [0.29, 0.717) is 5.82 Å². The summed E-state index contributed by atoms with van der Waals surface area (Å²) in [5, 5.41) is 9.33. The summed E-state index contributed by atoms with van der Waals surface area (Å²) in [5.74, 6) is 2.37. The Morgan fingerprint density at radius 1 is 1.53 bits per heavy atom. The number of hydrogen-bond donors (Lipinski definition) is 2. The van der Waals surface area contributed by atoms with Crippen LogP contribution in [-0.2, 0) is 0 Å². The van der Waals surface area contributed by atoms with Gasteiger partial charge >= 0.3 is 0 Å². The van der Waals surface area contributed by atoms with Gasteiger partial charge in [0.25, 0.3) is 0 Å². The smallest absolute Gasteiger partial charge is 0.135 e. The number of aliphatic hydroxyl groups excluding tert-OH is 1. The average molecular weight is 236 g/mol. The number of rotatable bonds is 3. The Kier molecular flexibility index (Phi) is 3.47. The van der Waals surface area contributed by atoms with Crippen molar-refractivity contribution in [1.29, 1.82) is 0 Å². The van der Waals surface area contributed by atoms with Crippen molar-refractivity contribution in [2.45, 2.75) is 38.6 Å². The number of nitrogens with zero attached hydrogens (tertiary/aromatic N) is 3. The van der Waals surface area contributed by atoms with Gasteiger partial charge in [0, 0.05) is 18.5 Å². The summed E-state index contributed by atoms with van der Waals surface area (Å²) in [7, 11) is 0. The fraction of sp³-hybridized carbons (Fsp3) is 0.667. The lowest BCUT2D eigenvalue weighted by atomic mass is 10.2. The fourth-order valence-electron chi connectivity index (χ4n) is 2.20. The zero-order chi connectivity index (χ0) is 12.4. The lowest BCUT2D eigenvalue weighted by molar-refractivity contribution is 0.266. The summed E-state index contributed by atoms with van der Waals surface area (Å²) in [5.41, 5.74) is 5.81. The van der Waals surface area contributed by atoms with E-state index in [9.17, 15) is 5.11 Å². The molecule has 0 spiro atoms. The molecule has 1 saturated heterocycles. The second-order valence-electron chi connectivity index (χ2n) is 4.84. The molecule has 5 nitrogen and oxygen atoms in total. The van der Waals surface area contributed by atoms with Gasteiger partial charge in [-0.1, -0.05) is 13.8 Å². The molecule has 0 amide bonds. The van der Waals surface area contributed by atoms with E-state index in [2.05, 4.69) is 14.9 Å². The summed E-state index contributed by atoms with van der Waals surface area (Å²) in [6.07, 6.45) is 2.10. The Morgan fingerprint density at radius 3 is 2.94 bits per heavy atom. The molecular formula is C12H20N4O. The van der Waals surface area contributed by atoms with E-state index in [1.54, 1.807) is 6.07 Å². The number of anilines is 2. The Bertz CT molecular complexity index is 394. The minimum Gasteiger partial charge on any atom is -0.394 e. The van der Waals surface area contributed by atoms with Crippen LogP contribution in [0.1, 0.15) is 38.4 Å². The molecule has 0 bridgehead atoms. The first-order valence-electron chi connectivity index (χ1n) is 6.13. The molecule has 1 fully saturated rings. The minimum atomic E-state index is 0.168. The second kappa shape index (κ2) is 4.87. The van der Waals surface area contributed by atoms with Gasteiger partial charge in [-0.3, -0.25) is 0 Å². The number of aromatic nitrogens is 2. The number of nitrogens with two attached hydrogens (primary N) is 1. The molecule has 2 rings (SSSR count). The van der Waals surface area contributed by atoms with Gasteiger partial charge in [-0.2, -0.15) is 0 Å². The first-order chi connectivity index (χ1) is 8.11. The summed E-state index contributed by atoms with van der Waals surface area (Å²) < 4.78 is 0. The summed E-state index contributed by atoms with van der Waals surface area (Å²) in [4.78, 5) is 10.9. The molecule has 0 aromatic carbocycles. The molecule has 1 aromatic rings. The second-order valence-corrected chi connectivity index (χ2v) is 4.84. The third-order valence-electron chi connectivity index (χ3n) is 3.15. The predicted molar refractivity (Wildman–Crippen MR) is 68.0 cm³/mol. The molecule has 1 aromatic heterocycles.